The second kappa shape index (κ2) is 10.1. The first-order valence-corrected chi connectivity index (χ1v) is 13.0. The quantitative estimate of drug-likeness (QED) is 0.267. The monoisotopic (exact) mass is 503 g/mol. The number of piperidine rings is 1. The molecule has 0 aliphatic carbocycles. The summed E-state index contributed by atoms with van der Waals surface area (Å²) < 4.78 is 0. The van der Waals surface area contributed by atoms with Gasteiger partial charge in [-0.3, -0.25) is 14.6 Å². The number of nitrogens with zero attached hydrogens (tertiary/aromatic N) is 1. The van der Waals surface area contributed by atoms with Crippen molar-refractivity contribution < 1.29 is 9.59 Å². The second-order valence-corrected chi connectivity index (χ2v) is 9.78. The maximum Gasteiger partial charge on any atom is 0.258 e. The zero-order valence-electron chi connectivity index (χ0n) is 21.2. The molecule has 2 amide bonds. The van der Waals surface area contributed by atoms with Crippen LogP contribution in [0.3, 0.4) is 0 Å². The van der Waals surface area contributed by atoms with Gasteiger partial charge in [-0.05, 0) is 74.2 Å². The zero-order valence-corrected chi connectivity index (χ0v) is 21.2. The Morgan fingerprint density at radius 2 is 1.74 bits per heavy atom. The number of carbonyl (C=O) groups is 2. The van der Waals surface area contributed by atoms with Crippen LogP contribution in [0.5, 0.6) is 0 Å². The van der Waals surface area contributed by atoms with Gasteiger partial charge in [0.05, 0.1) is 11.1 Å². The van der Waals surface area contributed by atoms with Gasteiger partial charge in [0, 0.05) is 46.3 Å². The van der Waals surface area contributed by atoms with E-state index >= 15 is 0 Å². The predicted octanol–water partition coefficient (Wildman–Crippen LogP) is 5.60. The van der Waals surface area contributed by atoms with Gasteiger partial charge in [-0.1, -0.05) is 42.5 Å². The summed E-state index contributed by atoms with van der Waals surface area (Å²) in [6.07, 6.45) is 7.26. The van der Waals surface area contributed by atoms with Crippen molar-refractivity contribution in [1.29, 1.82) is 0 Å². The molecule has 0 radical (unpaired) electrons. The lowest BCUT2D eigenvalue weighted by molar-refractivity contribution is -0.110. The summed E-state index contributed by atoms with van der Waals surface area (Å²) in [7, 11) is 0. The van der Waals surface area contributed by atoms with Crippen LogP contribution >= 0.6 is 0 Å². The summed E-state index contributed by atoms with van der Waals surface area (Å²) in [4.78, 5) is 34.3. The van der Waals surface area contributed by atoms with Crippen LogP contribution in [0.4, 0.5) is 11.4 Å². The fourth-order valence-electron chi connectivity index (χ4n) is 5.61. The summed E-state index contributed by atoms with van der Waals surface area (Å²) in [6, 6.07) is 19.5. The van der Waals surface area contributed by atoms with Crippen molar-refractivity contribution in [1.82, 2.24) is 15.3 Å². The van der Waals surface area contributed by atoms with E-state index in [1.54, 1.807) is 24.5 Å². The van der Waals surface area contributed by atoms with Crippen molar-refractivity contribution in [3.05, 3.63) is 101 Å². The Kier molecular flexibility index (Phi) is 6.35. The number of pyridine rings is 1. The van der Waals surface area contributed by atoms with Crippen molar-refractivity contribution in [3.8, 4) is 11.1 Å². The van der Waals surface area contributed by atoms with Crippen molar-refractivity contribution in [2.75, 3.05) is 23.7 Å². The molecule has 2 aromatic carbocycles. The largest absolute Gasteiger partial charge is 0.358 e. The van der Waals surface area contributed by atoms with Crippen LogP contribution in [0.15, 0.2) is 73.1 Å². The molecule has 4 N–H and O–H groups in total. The molecule has 38 heavy (non-hydrogen) atoms. The fourth-order valence-corrected chi connectivity index (χ4v) is 5.61. The van der Waals surface area contributed by atoms with E-state index in [0.717, 1.165) is 59.7 Å². The molecule has 6 rings (SSSR count). The third-order valence-electron chi connectivity index (χ3n) is 7.37. The molecular formula is C31H29N5O2. The molecule has 190 valence electrons. The first-order chi connectivity index (χ1) is 18.6. The SMILES string of the molecule is Cc1[nH]c(/C=C2\C(=O)Nc3cccc(C4CCNCC4)c32)c(-c2ccccc2)c1C(=O)Nc1ccncc1. The number of H-pyrrole nitrogens is 1. The van der Waals surface area contributed by atoms with Crippen molar-refractivity contribution in [2.24, 2.45) is 0 Å². The maximum atomic E-state index is 13.5. The van der Waals surface area contributed by atoms with E-state index < -0.39 is 0 Å². The molecule has 7 nitrogen and oxygen atoms in total. The molecule has 4 heterocycles. The van der Waals surface area contributed by atoms with Crippen LogP contribution in [0.1, 0.15) is 51.6 Å². The third-order valence-corrected chi connectivity index (χ3v) is 7.37. The number of rotatable bonds is 5. The van der Waals surface area contributed by atoms with E-state index in [9.17, 15) is 9.59 Å². The Hall–Kier alpha value is -4.49. The van der Waals surface area contributed by atoms with E-state index in [0.29, 0.717) is 22.7 Å². The Labute approximate surface area is 221 Å². The number of nitrogens with one attached hydrogen (secondary N) is 4. The molecule has 0 atom stereocenters. The van der Waals surface area contributed by atoms with Gasteiger partial charge in [0.15, 0.2) is 0 Å². The van der Waals surface area contributed by atoms with Crippen LogP contribution in [-0.4, -0.2) is 34.9 Å². The highest BCUT2D eigenvalue weighted by atomic mass is 16.2. The Bertz CT molecular complexity index is 1530. The standard InChI is InChI=1S/C31H29N5O2/c1-19-27(31(38)35-22-12-16-33-17-13-22)28(21-6-3-2-4-7-21)26(34-19)18-24-29-23(20-10-14-32-15-11-20)8-5-9-25(29)36-30(24)37/h2-9,12-13,16-18,20,32,34H,10-11,14-15H2,1H3,(H,36,37)(H,33,35,38)/b24-18-. The lowest BCUT2D eigenvalue weighted by atomic mass is 9.84. The number of hydrogen-bond acceptors (Lipinski definition) is 4. The number of fused-ring (bicyclic) bond motifs is 1. The molecule has 1 saturated heterocycles. The van der Waals surface area contributed by atoms with Crippen molar-refractivity contribution in [3.63, 3.8) is 0 Å². The average molecular weight is 504 g/mol. The molecule has 0 unspecified atom stereocenters. The smallest absolute Gasteiger partial charge is 0.258 e. The van der Waals surface area contributed by atoms with Crippen LogP contribution in [-0.2, 0) is 4.79 Å². The number of carbonyl (C=O) groups excluding carboxylic acids is 2. The van der Waals surface area contributed by atoms with Crippen LogP contribution in [0.25, 0.3) is 22.8 Å². The van der Waals surface area contributed by atoms with Gasteiger partial charge >= 0.3 is 0 Å². The molecule has 7 heteroatoms. The van der Waals surface area contributed by atoms with Gasteiger partial charge in [0.25, 0.3) is 11.8 Å². The van der Waals surface area contributed by atoms with Crippen LogP contribution in [0, 0.1) is 6.92 Å². The lowest BCUT2D eigenvalue weighted by Crippen LogP contribution is -2.27. The number of aromatic amines is 1. The molecule has 2 aliphatic rings. The maximum absolute atomic E-state index is 13.5. The number of hydrogen-bond donors (Lipinski definition) is 4. The van der Waals surface area contributed by atoms with Crippen LogP contribution < -0.4 is 16.0 Å². The van der Waals surface area contributed by atoms with Gasteiger partial charge < -0.3 is 20.9 Å². The number of benzene rings is 2. The van der Waals surface area contributed by atoms with E-state index in [-0.39, 0.29) is 11.8 Å². The van der Waals surface area contributed by atoms with Gasteiger partial charge in [-0.25, -0.2) is 0 Å². The minimum absolute atomic E-state index is 0.129. The molecular weight excluding hydrogens is 474 g/mol. The summed E-state index contributed by atoms with van der Waals surface area (Å²) in [5.74, 6) is 0.0403. The molecule has 2 aromatic heterocycles. The van der Waals surface area contributed by atoms with E-state index in [4.69, 9.17) is 0 Å². The van der Waals surface area contributed by atoms with Crippen molar-refractivity contribution in [2.45, 2.75) is 25.7 Å². The summed E-state index contributed by atoms with van der Waals surface area (Å²) in [5, 5.41) is 9.48. The Balaban J connectivity index is 1.49. The predicted molar refractivity (Wildman–Crippen MR) is 151 cm³/mol. The summed E-state index contributed by atoms with van der Waals surface area (Å²) >= 11 is 0. The average Bonchev–Trinajstić information content (AvgIpc) is 3.45. The Morgan fingerprint density at radius 3 is 2.50 bits per heavy atom. The minimum Gasteiger partial charge on any atom is -0.358 e. The van der Waals surface area contributed by atoms with E-state index in [1.165, 1.54) is 5.56 Å². The minimum atomic E-state index is -0.222. The summed E-state index contributed by atoms with van der Waals surface area (Å²) in [5.41, 5.74) is 7.97. The van der Waals surface area contributed by atoms with Gasteiger partial charge in [-0.15, -0.1) is 0 Å². The highest BCUT2D eigenvalue weighted by Gasteiger charge is 2.31. The lowest BCUT2D eigenvalue weighted by Gasteiger charge is -2.25. The third kappa shape index (κ3) is 4.41. The normalized spacial score (nSPS) is 16.3. The second-order valence-electron chi connectivity index (χ2n) is 9.78. The first-order valence-electron chi connectivity index (χ1n) is 13.0. The summed E-state index contributed by atoms with van der Waals surface area (Å²) in [6.45, 7) is 3.83. The zero-order chi connectivity index (χ0) is 26.1. The van der Waals surface area contributed by atoms with Gasteiger partial charge in [-0.2, -0.15) is 0 Å². The number of aryl methyl sites for hydroxylation is 1. The number of aromatic nitrogens is 2. The number of amides is 2. The fraction of sp³-hybridized carbons (Fsp3) is 0.194. The van der Waals surface area contributed by atoms with E-state index in [1.807, 2.05) is 55.5 Å². The van der Waals surface area contributed by atoms with Gasteiger partial charge in [0.1, 0.15) is 0 Å². The Morgan fingerprint density at radius 1 is 0.974 bits per heavy atom. The highest BCUT2D eigenvalue weighted by Crippen LogP contribution is 2.42. The molecule has 0 bridgehead atoms. The molecule has 1 fully saturated rings. The first kappa shape index (κ1) is 23.9. The van der Waals surface area contributed by atoms with Crippen LogP contribution in [0.2, 0.25) is 0 Å². The van der Waals surface area contributed by atoms with Gasteiger partial charge in [0.2, 0.25) is 0 Å². The molecule has 0 spiro atoms. The molecule has 2 aliphatic heterocycles. The van der Waals surface area contributed by atoms with E-state index in [2.05, 4.69) is 32.0 Å². The highest BCUT2D eigenvalue weighted by molar-refractivity contribution is 6.35. The molecule has 4 aromatic rings. The molecule has 0 saturated carbocycles. The van der Waals surface area contributed by atoms with Crippen molar-refractivity contribution >= 4 is 34.8 Å². The topological polar surface area (TPSA) is 98.9 Å². The number of anilines is 2.